The summed E-state index contributed by atoms with van der Waals surface area (Å²) in [5, 5.41) is 14.3. The Balaban J connectivity index is 1.55. The van der Waals surface area contributed by atoms with Crippen molar-refractivity contribution >= 4 is 10.9 Å². The van der Waals surface area contributed by atoms with Crippen LogP contribution in [0.1, 0.15) is 17.4 Å². The second kappa shape index (κ2) is 6.52. The Bertz CT molecular complexity index is 690. The Hall–Kier alpha value is -2.17. The van der Waals surface area contributed by atoms with Gasteiger partial charge in [-0.2, -0.15) is 0 Å². The molecule has 0 saturated heterocycles. The standard InChI is InChI=1S/C17H18N2O2/c20-15(16-7-3-11-21-16)12-18-10-8-14-5-1-4-13-6-2-9-19-17(13)14/h1-7,9,11,15,18,20H,8,10,12H2. The zero-order valence-electron chi connectivity index (χ0n) is 11.7. The van der Waals surface area contributed by atoms with Crippen LogP contribution in [0.5, 0.6) is 0 Å². The molecule has 2 heterocycles. The average molecular weight is 282 g/mol. The summed E-state index contributed by atoms with van der Waals surface area (Å²) in [6.07, 6.45) is 3.66. The molecule has 2 aromatic heterocycles. The van der Waals surface area contributed by atoms with Crippen LogP contribution in [0.15, 0.2) is 59.3 Å². The zero-order chi connectivity index (χ0) is 14.5. The third-order valence-corrected chi connectivity index (χ3v) is 3.50. The molecule has 108 valence electrons. The highest BCUT2D eigenvalue weighted by Crippen LogP contribution is 2.16. The number of nitrogens with one attached hydrogen (secondary N) is 1. The van der Waals surface area contributed by atoms with E-state index < -0.39 is 6.10 Å². The minimum Gasteiger partial charge on any atom is -0.467 e. The highest BCUT2D eigenvalue weighted by atomic mass is 16.4. The summed E-state index contributed by atoms with van der Waals surface area (Å²) in [6, 6.07) is 13.8. The van der Waals surface area contributed by atoms with Crippen molar-refractivity contribution in [2.75, 3.05) is 13.1 Å². The van der Waals surface area contributed by atoms with Gasteiger partial charge in [-0.1, -0.05) is 24.3 Å². The van der Waals surface area contributed by atoms with Crippen LogP contribution in [0.2, 0.25) is 0 Å². The van der Waals surface area contributed by atoms with E-state index in [1.54, 1.807) is 18.4 Å². The van der Waals surface area contributed by atoms with Crippen molar-refractivity contribution in [1.29, 1.82) is 0 Å². The molecule has 3 aromatic rings. The fraction of sp³-hybridized carbons (Fsp3) is 0.235. The molecule has 0 aliphatic rings. The van der Waals surface area contributed by atoms with E-state index in [4.69, 9.17) is 4.42 Å². The summed E-state index contributed by atoms with van der Waals surface area (Å²) >= 11 is 0. The molecule has 1 atom stereocenters. The van der Waals surface area contributed by atoms with Crippen molar-refractivity contribution in [2.24, 2.45) is 0 Å². The predicted molar refractivity (Wildman–Crippen MR) is 82.0 cm³/mol. The van der Waals surface area contributed by atoms with Gasteiger partial charge in [-0.05, 0) is 36.7 Å². The molecule has 0 saturated carbocycles. The molecule has 4 nitrogen and oxygen atoms in total. The normalized spacial score (nSPS) is 12.6. The smallest absolute Gasteiger partial charge is 0.133 e. The molecular weight excluding hydrogens is 264 g/mol. The monoisotopic (exact) mass is 282 g/mol. The van der Waals surface area contributed by atoms with E-state index in [1.807, 2.05) is 12.3 Å². The lowest BCUT2D eigenvalue weighted by Gasteiger charge is -2.10. The lowest BCUT2D eigenvalue weighted by molar-refractivity contribution is 0.148. The van der Waals surface area contributed by atoms with Gasteiger partial charge in [-0.15, -0.1) is 0 Å². The molecule has 3 rings (SSSR count). The molecule has 1 unspecified atom stereocenters. The summed E-state index contributed by atoms with van der Waals surface area (Å²) < 4.78 is 5.17. The van der Waals surface area contributed by atoms with Crippen LogP contribution in [0.3, 0.4) is 0 Å². The molecule has 0 amide bonds. The van der Waals surface area contributed by atoms with Crippen LogP contribution < -0.4 is 5.32 Å². The molecule has 4 heteroatoms. The summed E-state index contributed by atoms with van der Waals surface area (Å²) in [5.41, 5.74) is 2.27. The molecule has 0 spiro atoms. The molecule has 0 aliphatic heterocycles. The molecule has 21 heavy (non-hydrogen) atoms. The van der Waals surface area contributed by atoms with Crippen molar-refractivity contribution in [1.82, 2.24) is 10.3 Å². The number of hydrogen-bond acceptors (Lipinski definition) is 4. The quantitative estimate of drug-likeness (QED) is 0.682. The summed E-state index contributed by atoms with van der Waals surface area (Å²) in [6.45, 7) is 1.26. The number of hydrogen-bond donors (Lipinski definition) is 2. The summed E-state index contributed by atoms with van der Waals surface area (Å²) in [4.78, 5) is 4.44. The molecule has 1 aromatic carbocycles. The Morgan fingerprint density at radius 3 is 2.90 bits per heavy atom. The fourth-order valence-corrected chi connectivity index (χ4v) is 2.41. The highest BCUT2D eigenvalue weighted by Gasteiger charge is 2.09. The van der Waals surface area contributed by atoms with Crippen molar-refractivity contribution in [3.05, 3.63) is 66.2 Å². The van der Waals surface area contributed by atoms with Gasteiger partial charge in [0, 0.05) is 18.1 Å². The number of pyridine rings is 1. The Morgan fingerprint density at radius 2 is 2.05 bits per heavy atom. The van der Waals surface area contributed by atoms with Crippen LogP contribution in [-0.2, 0) is 6.42 Å². The van der Waals surface area contributed by atoms with Crippen LogP contribution in [0.4, 0.5) is 0 Å². The third kappa shape index (κ3) is 3.29. The first-order valence-corrected chi connectivity index (χ1v) is 7.09. The number of nitrogens with zero attached hydrogens (tertiary/aromatic N) is 1. The van der Waals surface area contributed by atoms with Gasteiger partial charge in [-0.25, -0.2) is 0 Å². The number of furan rings is 1. The highest BCUT2D eigenvalue weighted by molar-refractivity contribution is 5.81. The van der Waals surface area contributed by atoms with E-state index in [-0.39, 0.29) is 0 Å². The largest absolute Gasteiger partial charge is 0.467 e. The van der Waals surface area contributed by atoms with Gasteiger partial charge in [0.15, 0.2) is 0 Å². The lowest BCUT2D eigenvalue weighted by atomic mass is 10.1. The van der Waals surface area contributed by atoms with Gasteiger partial charge in [0.25, 0.3) is 0 Å². The summed E-state index contributed by atoms with van der Waals surface area (Å²) in [7, 11) is 0. The minimum absolute atomic E-state index is 0.478. The predicted octanol–water partition coefficient (Wildman–Crippen LogP) is 2.69. The fourth-order valence-electron chi connectivity index (χ4n) is 2.41. The Morgan fingerprint density at radius 1 is 1.14 bits per heavy atom. The molecule has 0 aliphatic carbocycles. The maximum atomic E-state index is 9.91. The van der Waals surface area contributed by atoms with E-state index in [0.717, 1.165) is 23.9 Å². The first-order valence-electron chi connectivity index (χ1n) is 7.09. The molecular formula is C17H18N2O2. The van der Waals surface area contributed by atoms with E-state index in [0.29, 0.717) is 12.3 Å². The van der Waals surface area contributed by atoms with Crippen molar-refractivity contribution < 1.29 is 9.52 Å². The number of fused-ring (bicyclic) bond motifs is 1. The van der Waals surface area contributed by atoms with Crippen molar-refractivity contribution in [3.8, 4) is 0 Å². The second-order valence-electron chi connectivity index (χ2n) is 4.98. The van der Waals surface area contributed by atoms with E-state index in [2.05, 4.69) is 34.6 Å². The van der Waals surface area contributed by atoms with E-state index >= 15 is 0 Å². The zero-order valence-corrected chi connectivity index (χ0v) is 11.7. The number of benzene rings is 1. The van der Waals surface area contributed by atoms with Crippen LogP contribution >= 0.6 is 0 Å². The van der Waals surface area contributed by atoms with Gasteiger partial charge >= 0.3 is 0 Å². The molecule has 0 bridgehead atoms. The second-order valence-corrected chi connectivity index (χ2v) is 4.98. The average Bonchev–Trinajstić information content (AvgIpc) is 3.06. The van der Waals surface area contributed by atoms with E-state index in [1.165, 1.54) is 5.56 Å². The van der Waals surface area contributed by atoms with Gasteiger partial charge in [-0.3, -0.25) is 4.98 Å². The number of aliphatic hydroxyl groups excluding tert-OH is 1. The number of para-hydroxylation sites is 1. The number of aromatic nitrogens is 1. The third-order valence-electron chi connectivity index (χ3n) is 3.50. The van der Waals surface area contributed by atoms with Crippen LogP contribution in [-0.4, -0.2) is 23.2 Å². The number of rotatable bonds is 6. The van der Waals surface area contributed by atoms with E-state index in [9.17, 15) is 5.11 Å². The van der Waals surface area contributed by atoms with Gasteiger partial charge < -0.3 is 14.8 Å². The molecule has 2 N–H and O–H groups in total. The van der Waals surface area contributed by atoms with Gasteiger partial charge in [0.1, 0.15) is 11.9 Å². The van der Waals surface area contributed by atoms with Gasteiger partial charge in [0.05, 0.1) is 11.8 Å². The van der Waals surface area contributed by atoms with Crippen molar-refractivity contribution in [3.63, 3.8) is 0 Å². The topological polar surface area (TPSA) is 58.3 Å². The maximum absolute atomic E-state index is 9.91. The minimum atomic E-state index is -0.606. The molecule has 0 fully saturated rings. The SMILES string of the molecule is OC(CNCCc1cccc2cccnc12)c1ccco1. The Kier molecular flexibility index (Phi) is 4.28. The van der Waals surface area contributed by atoms with Crippen molar-refractivity contribution in [2.45, 2.75) is 12.5 Å². The Labute approximate surface area is 123 Å². The number of aliphatic hydroxyl groups is 1. The lowest BCUT2D eigenvalue weighted by Crippen LogP contribution is -2.23. The van der Waals surface area contributed by atoms with Crippen LogP contribution in [0.25, 0.3) is 10.9 Å². The van der Waals surface area contributed by atoms with Crippen LogP contribution in [0, 0.1) is 0 Å². The first kappa shape index (κ1) is 13.8. The summed E-state index contributed by atoms with van der Waals surface area (Å²) in [5.74, 6) is 0.592. The first-order chi connectivity index (χ1) is 10.3. The molecule has 0 radical (unpaired) electrons. The van der Waals surface area contributed by atoms with Gasteiger partial charge in [0.2, 0.25) is 0 Å². The maximum Gasteiger partial charge on any atom is 0.133 e.